The highest BCUT2D eigenvalue weighted by molar-refractivity contribution is 5.40. The third kappa shape index (κ3) is 2.34. The van der Waals surface area contributed by atoms with Gasteiger partial charge in [0.25, 0.3) is 0 Å². The summed E-state index contributed by atoms with van der Waals surface area (Å²) in [7, 11) is 1.63. The van der Waals surface area contributed by atoms with Crippen LogP contribution in [0.25, 0.3) is 0 Å². The Kier molecular flexibility index (Phi) is 3.32. The van der Waals surface area contributed by atoms with Gasteiger partial charge < -0.3 is 15.2 Å². The summed E-state index contributed by atoms with van der Waals surface area (Å²) < 4.78 is 24.3. The molecule has 0 bridgehead atoms. The van der Waals surface area contributed by atoms with E-state index in [-0.39, 0.29) is 18.0 Å². The molecule has 0 aliphatic carbocycles. The third-order valence-electron chi connectivity index (χ3n) is 3.60. The molecule has 3 nitrogen and oxygen atoms in total. The molecule has 2 N–H and O–H groups in total. The molecule has 0 aromatic heterocycles. The summed E-state index contributed by atoms with van der Waals surface area (Å²) in [5, 5.41) is 0. The Labute approximate surface area is 117 Å². The van der Waals surface area contributed by atoms with Gasteiger partial charge in [-0.15, -0.1) is 0 Å². The Hall–Kier alpha value is -2.07. The second kappa shape index (κ2) is 5.13. The van der Waals surface area contributed by atoms with Crippen LogP contribution in [0.3, 0.4) is 0 Å². The maximum atomic E-state index is 13.2. The lowest BCUT2D eigenvalue weighted by atomic mass is 9.93. The van der Waals surface area contributed by atoms with Crippen molar-refractivity contribution >= 4 is 0 Å². The molecule has 0 saturated carbocycles. The summed E-state index contributed by atoms with van der Waals surface area (Å²) >= 11 is 0. The molecule has 20 heavy (non-hydrogen) atoms. The lowest BCUT2D eigenvalue weighted by Gasteiger charge is -2.30. The smallest absolute Gasteiger partial charge is 0.126 e. The van der Waals surface area contributed by atoms with Crippen molar-refractivity contribution in [3.8, 4) is 11.5 Å². The molecule has 2 unspecified atom stereocenters. The number of halogens is 1. The minimum Gasteiger partial charge on any atom is -0.497 e. The van der Waals surface area contributed by atoms with Crippen LogP contribution in [0.4, 0.5) is 4.39 Å². The summed E-state index contributed by atoms with van der Waals surface area (Å²) in [6.07, 6.45) is 0.511. The molecule has 0 fully saturated rings. The van der Waals surface area contributed by atoms with Crippen LogP contribution >= 0.6 is 0 Å². The van der Waals surface area contributed by atoms with Gasteiger partial charge in [0.15, 0.2) is 0 Å². The molecular formula is C16H16FNO2. The summed E-state index contributed by atoms with van der Waals surface area (Å²) in [6.45, 7) is 0. The lowest BCUT2D eigenvalue weighted by molar-refractivity contribution is 0.161. The second-order valence-electron chi connectivity index (χ2n) is 4.90. The maximum Gasteiger partial charge on any atom is 0.126 e. The average Bonchev–Trinajstić information content (AvgIpc) is 2.48. The van der Waals surface area contributed by atoms with E-state index in [2.05, 4.69) is 0 Å². The van der Waals surface area contributed by atoms with Crippen LogP contribution in [-0.4, -0.2) is 7.11 Å². The SMILES string of the molecule is COc1ccc(C2CC(N)c3cc(F)ccc3O2)cc1. The Morgan fingerprint density at radius 1 is 1.20 bits per heavy atom. The zero-order valence-electron chi connectivity index (χ0n) is 11.2. The van der Waals surface area contributed by atoms with Gasteiger partial charge >= 0.3 is 0 Å². The van der Waals surface area contributed by atoms with Crippen LogP contribution in [0, 0.1) is 5.82 Å². The van der Waals surface area contributed by atoms with Crippen molar-refractivity contribution < 1.29 is 13.9 Å². The topological polar surface area (TPSA) is 44.5 Å². The molecule has 1 aliphatic heterocycles. The number of benzene rings is 2. The molecule has 3 rings (SSSR count). The first kappa shape index (κ1) is 12.9. The van der Waals surface area contributed by atoms with Gasteiger partial charge in [-0.05, 0) is 35.9 Å². The molecule has 1 aliphatic rings. The van der Waals surface area contributed by atoms with Crippen molar-refractivity contribution in [2.24, 2.45) is 5.73 Å². The number of ether oxygens (including phenoxy) is 2. The molecule has 104 valence electrons. The molecule has 0 radical (unpaired) electrons. The van der Waals surface area contributed by atoms with E-state index in [0.717, 1.165) is 16.9 Å². The minimum absolute atomic E-state index is 0.117. The van der Waals surface area contributed by atoms with Crippen molar-refractivity contribution in [3.63, 3.8) is 0 Å². The normalized spacial score (nSPS) is 20.9. The number of fused-ring (bicyclic) bond motifs is 1. The Balaban J connectivity index is 1.88. The van der Waals surface area contributed by atoms with Crippen LogP contribution in [0.5, 0.6) is 11.5 Å². The van der Waals surface area contributed by atoms with Gasteiger partial charge in [-0.2, -0.15) is 0 Å². The zero-order valence-corrected chi connectivity index (χ0v) is 11.2. The molecule has 1 heterocycles. The van der Waals surface area contributed by atoms with Gasteiger partial charge in [-0.25, -0.2) is 4.39 Å². The Morgan fingerprint density at radius 3 is 2.65 bits per heavy atom. The largest absolute Gasteiger partial charge is 0.497 e. The van der Waals surface area contributed by atoms with E-state index >= 15 is 0 Å². The predicted octanol–water partition coefficient (Wildman–Crippen LogP) is 3.36. The van der Waals surface area contributed by atoms with Gasteiger partial charge in [0.05, 0.1) is 7.11 Å². The summed E-state index contributed by atoms with van der Waals surface area (Å²) in [4.78, 5) is 0. The Morgan fingerprint density at radius 2 is 1.95 bits per heavy atom. The van der Waals surface area contributed by atoms with Gasteiger partial charge in [0.1, 0.15) is 23.4 Å². The zero-order chi connectivity index (χ0) is 14.1. The fourth-order valence-corrected chi connectivity index (χ4v) is 2.50. The summed E-state index contributed by atoms with van der Waals surface area (Å²) in [6, 6.07) is 12.0. The monoisotopic (exact) mass is 273 g/mol. The van der Waals surface area contributed by atoms with Crippen molar-refractivity contribution in [2.45, 2.75) is 18.6 Å². The van der Waals surface area contributed by atoms with Crippen molar-refractivity contribution in [3.05, 3.63) is 59.4 Å². The lowest BCUT2D eigenvalue weighted by Crippen LogP contribution is -2.24. The second-order valence-corrected chi connectivity index (χ2v) is 4.90. The quantitative estimate of drug-likeness (QED) is 0.912. The molecule has 2 atom stereocenters. The maximum absolute atomic E-state index is 13.2. The molecular weight excluding hydrogens is 257 g/mol. The first-order chi connectivity index (χ1) is 9.67. The highest BCUT2D eigenvalue weighted by atomic mass is 19.1. The first-order valence-corrected chi connectivity index (χ1v) is 6.53. The van der Waals surface area contributed by atoms with E-state index in [4.69, 9.17) is 15.2 Å². The fraction of sp³-hybridized carbons (Fsp3) is 0.250. The van der Waals surface area contributed by atoms with Gasteiger partial charge in [0.2, 0.25) is 0 Å². The van der Waals surface area contributed by atoms with Crippen LogP contribution in [0.15, 0.2) is 42.5 Å². The highest BCUT2D eigenvalue weighted by Gasteiger charge is 2.27. The van der Waals surface area contributed by atoms with E-state index in [1.165, 1.54) is 12.1 Å². The fourth-order valence-electron chi connectivity index (χ4n) is 2.50. The van der Waals surface area contributed by atoms with Crippen LogP contribution in [-0.2, 0) is 0 Å². The molecule has 0 amide bonds. The van der Waals surface area contributed by atoms with Crippen LogP contribution < -0.4 is 15.2 Å². The van der Waals surface area contributed by atoms with Crippen molar-refractivity contribution in [2.75, 3.05) is 7.11 Å². The highest BCUT2D eigenvalue weighted by Crippen LogP contribution is 2.40. The standard InChI is InChI=1S/C16H16FNO2/c1-19-12-5-2-10(3-6-12)16-9-14(18)13-8-11(17)4-7-15(13)20-16/h2-8,14,16H,9,18H2,1H3. The van der Waals surface area contributed by atoms with E-state index in [0.29, 0.717) is 12.2 Å². The van der Waals surface area contributed by atoms with E-state index in [1.807, 2.05) is 24.3 Å². The number of hydrogen-bond donors (Lipinski definition) is 1. The molecule has 4 heteroatoms. The first-order valence-electron chi connectivity index (χ1n) is 6.53. The molecule has 0 spiro atoms. The van der Waals surface area contributed by atoms with Gasteiger partial charge in [-0.1, -0.05) is 12.1 Å². The number of rotatable bonds is 2. The van der Waals surface area contributed by atoms with Gasteiger partial charge in [-0.3, -0.25) is 0 Å². The van der Waals surface area contributed by atoms with Crippen LogP contribution in [0.2, 0.25) is 0 Å². The van der Waals surface area contributed by atoms with E-state index < -0.39 is 0 Å². The Bertz CT molecular complexity index is 612. The number of methoxy groups -OCH3 is 1. The minimum atomic E-state index is -0.286. The number of nitrogens with two attached hydrogens (primary N) is 1. The van der Waals surface area contributed by atoms with Crippen molar-refractivity contribution in [1.29, 1.82) is 0 Å². The molecule has 2 aromatic rings. The predicted molar refractivity (Wildman–Crippen MR) is 74.3 cm³/mol. The van der Waals surface area contributed by atoms with Crippen LogP contribution in [0.1, 0.15) is 29.7 Å². The van der Waals surface area contributed by atoms with E-state index in [9.17, 15) is 4.39 Å². The van der Waals surface area contributed by atoms with E-state index in [1.54, 1.807) is 13.2 Å². The summed E-state index contributed by atoms with van der Waals surface area (Å²) in [5.74, 6) is 1.17. The third-order valence-corrected chi connectivity index (χ3v) is 3.60. The number of hydrogen-bond acceptors (Lipinski definition) is 3. The van der Waals surface area contributed by atoms with Gasteiger partial charge in [0, 0.05) is 18.0 Å². The molecule has 0 saturated heterocycles. The summed E-state index contributed by atoms with van der Waals surface area (Å²) in [5.41, 5.74) is 7.90. The molecule has 2 aromatic carbocycles. The average molecular weight is 273 g/mol. The van der Waals surface area contributed by atoms with Crippen molar-refractivity contribution in [1.82, 2.24) is 0 Å².